The van der Waals surface area contributed by atoms with Crippen molar-refractivity contribution in [2.24, 2.45) is 16.2 Å². The molecule has 4 rings (SSSR count). The first-order valence-electron chi connectivity index (χ1n) is 14.9. The summed E-state index contributed by atoms with van der Waals surface area (Å²) < 4.78 is 12.3. The zero-order chi connectivity index (χ0) is 32.1. The third-order valence-corrected chi connectivity index (χ3v) is 9.60. The highest BCUT2D eigenvalue weighted by Crippen LogP contribution is 2.56. The smallest absolute Gasteiger partial charge is 0.329 e. The normalized spacial score (nSPS) is 20.4. The monoisotopic (exact) mass is 716 g/mol. The summed E-state index contributed by atoms with van der Waals surface area (Å²) in [7, 11) is 0. The van der Waals surface area contributed by atoms with Crippen molar-refractivity contribution < 1.29 is 29.0 Å². The number of aliphatic carboxylic acids is 1. The molecule has 0 aromatic heterocycles. The van der Waals surface area contributed by atoms with E-state index in [9.17, 15) is 19.6 Å². The van der Waals surface area contributed by atoms with Crippen molar-refractivity contribution in [3.8, 4) is 11.8 Å². The number of amides is 2. The van der Waals surface area contributed by atoms with E-state index in [1.807, 2.05) is 30.3 Å². The van der Waals surface area contributed by atoms with Gasteiger partial charge in [0, 0.05) is 45.0 Å². The molecule has 0 radical (unpaired) electrons. The number of rotatable bonds is 15. The molecule has 4 N–H and O–H groups in total. The van der Waals surface area contributed by atoms with Gasteiger partial charge >= 0.3 is 5.97 Å². The number of hydrogen-bond donors (Lipinski definition) is 4. The Kier molecular flexibility index (Phi) is 10.5. The first-order chi connectivity index (χ1) is 20.8. The maximum Gasteiger partial charge on any atom is 0.329 e. The molecular formula is C33H41IN4O6. The van der Waals surface area contributed by atoms with Crippen molar-refractivity contribution in [2.45, 2.75) is 71.9 Å². The van der Waals surface area contributed by atoms with Crippen LogP contribution in [0.25, 0.3) is 0 Å². The lowest BCUT2D eigenvalue weighted by Gasteiger charge is -2.63. The summed E-state index contributed by atoms with van der Waals surface area (Å²) in [6.45, 7) is 9.19. The van der Waals surface area contributed by atoms with Crippen LogP contribution in [0.2, 0.25) is 0 Å². The maximum atomic E-state index is 13.5. The second-order valence-corrected chi connectivity index (χ2v) is 14.0. The number of anilines is 2. The second kappa shape index (κ2) is 13.7. The standard InChI is InChI=1S/C33H41IN4O6/c1-31(2)27(32(3,4)28(31)44-24-13-8-21(19-35)25(34)18-24)38-30(42)33(14-15-33)29(41)37-23-11-9-22(10-12-23)36-16-6-5-7-17-43-20-26(39)40/h8-13,18,27-28,36H,5-7,14-17,20H2,1-4H3,(H,37,41)(H,38,42)(H,39,40)/t27-,28-. The Bertz CT molecular complexity index is 1400. The van der Waals surface area contributed by atoms with Gasteiger partial charge in [-0.1, -0.05) is 27.7 Å². The molecule has 0 saturated heterocycles. The highest BCUT2D eigenvalue weighted by molar-refractivity contribution is 14.1. The number of benzene rings is 2. The number of hydrogen-bond acceptors (Lipinski definition) is 7. The summed E-state index contributed by atoms with van der Waals surface area (Å²) in [5.41, 5.74) is 0.300. The van der Waals surface area contributed by atoms with Crippen LogP contribution in [0.5, 0.6) is 5.75 Å². The Labute approximate surface area is 272 Å². The van der Waals surface area contributed by atoms with E-state index in [1.54, 1.807) is 12.1 Å². The van der Waals surface area contributed by atoms with Crippen LogP contribution in [-0.2, 0) is 19.1 Å². The summed E-state index contributed by atoms with van der Waals surface area (Å²) in [5, 5.41) is 27.3. The van der Waals surface area contributed by atoms with Crippen LogP contribution in [0.4, 0.5) is 11.4 Å². The lowest BCUT2D eigenvalue weighted by atomic mass is 9.49. The van der Waals surface area contributed by atoms with E-state index in [2.05, 4.69) is 72.3 Å². The summed E-state index contributed by atoms with van der Waals surface area (Å²) in [6, 6.07) is 14.8. The minimum Gasteiger partial charge on any atom is -0.489 e. The Hall–Kier alpha value is -3.37. The Morgan fingerprint density at radius 2 is 1.64 bits per heavy atom. The van der Waals surface area contributed by atoms with Gasteiger partial charge in [-0.3, -0.25) is 9.59 Å². The fraction of sp³-hybridized carbons (Fsp3) is 0.515. The van der Waals surface area contributed by atoms with Gasteiger partial charge in [-0.2, -0.15) is 5.26 Å². The lowest BCUT2D eigenvalue weighted by Crippen LogP contribution is -2.75. The van der Waals surface area contributed by atoms with Crippen LogP contribution in [0.15, 0.2) is 42.5 Å². The predicted molar refractivity (Wildman–Crippen MR) is 175 cm³/mol. The van der Waals surface area contributed by atoms with Crippen LogP contribution in [0.3, 0.4) is 0 Å². The fourth-order valence-corrected chi connectivity index (χ4v) is 6.97. The molecule has 0 unspecified atom stereocenters. The predicted octanol–water partition coefficient (Wildman–Crippen LogP) is 5.56. The lowest BCUT2D eigenvalue weighted by molar-refractivity contribution is -0.175. The summed E-state index contributed by atoms with van der Waals surface area (Å²) in [5.74, 6) is -0.821. The molecule has 2 fully saturated rings. The van der Waals surface area contributed by atoms with Crippen LogP contribution < -0.4 is 20.7 Å². The zero-order valence-electron chi connectivity index (χ0n) is 25.7. The van der Waals surface area contributed by atoms with Gasteiger partial charge in [-0.05, 0) is 97.2 Å². The van der Waals surface area contributed by atoms with Gasteiger partial charge in [-0.15, -0.1) is 0 Å². The summed E-state index contributed by atoms with van der Waals surface area (Å²) in [4.78, 5) is 37.3. The largest absolute Gasteiger partial charge is 0.489 e. The van der Waals surface area contributed by atoms with E-state index >= 15 is 0 Å². The molecular weight excluding hydrogens is 675 g/mol. The van der Waals surface area contributed by atoms with E-state index in [-0.39, 0.29) is 41.4 Å². The highest BCUT2D eigenvalue weighted by atomic mass is 127. The molecule has 2 aromatic carbocycles. The molecule has 2 aliphatic rings. The van der Waals surface area contributed by atoms with Crippen molar-refractivity contribution in [3.63, 3.8) is 0 Å². The van der Waals surface area contributed by atoms with E-state index < -0.39 is 11.4 Å². The van der Waals surface area contributed by atoms with Gasteiger partial charge in [0.05, 0.1) is 5.56 Å². The highest BCUT2D eigenvalue weighted by Gasteiger charge is 2.66. The first-order valence-corrected chi connectivity index (χ1v) is 16.0. The molecule has 11 heteroatoms. The van der Waals surface area contributed by atoms with E-state index in [1.165, 1.54) is 0 Å². The average Bonchev–Trinajstić information content (AvgIpc) is 3.79. The van der Waals surface area contributed by atoms with Crippen molar-refractivity contribution in [1.29, 1.82) is 5.26 Å². The Balaban J connectivity index is 1.26. The number of halogens is 1. The molecule has 10 nitrogen and oxygen atoms in total. The molecule has 44 heavy (non-hydrogen) atoms. The number of nitriles is 1. The number of ether oxygens (including phenoxy) is 2. The van der Waals surface area contributed by atoms with E-state index in [0.717, 1.165) is 35.1 Å². The Morgan fingerprint density at radius 3 is 2.23 bits per heavy atom. The van der Waals surface area contributed by atoms with Crippen molar-refractivity contribution in [1.82, 2.24) is 5.32 Å². The van der Waals surface area contributed by atoms with Crippen LogP contribution in [-0.4, -0.2) is 54.8 Å². The third-order valence-electron chi connectivity index (χ3n) is 8.71. The molecule has 0 atom stereocenters. The molecule has 2 saturated carbocycles. The molecule has 236 valence electrons. The molecule has 0 spiro atoms. The summed E-state index contributed by atoms with van der Waals surface area (Å²) >= 11 is 2.13. The van der Waals surface area contributed by atoms with E-state index in [0.29, 0.717) is 36.4 Å². The molecule has 2 amide bonds. The molecule has 0 bridgehead atoms. The second-order valence-electron chi connectivity index (χ2n) is 12.8. The van der Waals surface area contributed by atoms with Gasteiger partial charge in [0.2, 0.25) is 11.8 Å². The number of carbonyl (C=O) groups excluding carboxylic acids is 2. The van der Waals surface area contributed by atoms with Gasteiger partial charge in [-0.25, -0.2) is 4.79 Å². The number of carboxylic acids is 1. The van der Waals surface area contributed by atoms with Gasteiger partial charge in [0.1, 0.15) is 29.9 Å². The zero-order valence-corrected chi connectivity index (χ0v) is 27.8. The Morgan fingerprint density at radius 1 is 0.977 bits per heavy atom. The van der Waals surface area contributed by atoms with Crippen LogP contribution in [0.1, 0.15) is 65.4 Å². The summed E-state index contributed by atoms with van der Waals surface area (Å²) in [6.07, 6.45) is 3.47. The first kappa shape index (κ1) is 33.5. The van der Waals surface area contributed by atoms with Crippen molar-refractivity contribution >= 4 is 51.7 Å². The average molecular weight is 717 g/mol. The minimum absolute atomic E-state index is 0.182. The topological polar surface area (TPSA) is 150 Å². The molecule has 0 aliphatic heterocycles. The molecule has 2 aliphatic carbocycles. The van der Waals surface area contributed by atoms with E-state index in [4.69, 9.17) is 14.6 Å². The number of carbonyl (C=O) groups is 3. The molecule has 2 aromatic rings. The quantitative estimate of drug-likeness (QED) is 0.106. The number of unbranched alkanes of at least 4 members (excludes halogenated alkanes) is 2. The third kappa shape index (κ3) is 7.46. The minimum atomic E-state index is -1.08. The number of nitrogens with zero attached hydrogens (tertiary/aromatic N) is 1. The molecule has 0 heterocycles. The van der Waals surface area contributed by atoms with Crippen LogP contribution >= 0.6 is 22.6 Å². The fourth-order valence-electron chi connectivity index (χ4n) is 6.37. The van der Waals surface area contributed by atoms with Crippen molar-refractivity contribution in [2.75, 3.05) is 30.4 Å². The number of carboxylic acid groups (broad SMARTS) is 1. The number of nitrogens with one attached hydrogen (secondary N) is 3. The van der Waals surface area contributed by atoms with Crippen molar-refractivity contribution in [3.05, 3.63) is 51.6 Å². The van der Waals surface area contributed by atoms with Crippen LogP contribution in [0, 0.1) is 31.1 Å². The SMILES string of the molecule is CC1(C)[C@H](NC(=O)C2(C(=O)Nc3ccc(NCCCCCOCC(=O)O)cc3)CC2)C(C)(C)[C@H]1Oc1ccc(C#N)c(I)c1. The van der Waals surface area contributed by atoms with Gasteiger partial charge in [0.15, 0.2) is 0 Å². The van der Waals surface area contributed by atoms with Gasteiger partial charge < -0.3 is 30.5 Å². The van der Waals surface area contributed by atoms with Gasteiger partial charge in [0.25, 0.3) is 0 Å². The maximum absolute atomic E-state index is 13.5.